The van der Waals surface area contributed by atoms with Crippen LogP contribution in [0.15, 0.2) is 54.6 Å². The molecule has 3 N–H and O–H groups in total. The van der Waals surface area contributed by atoms with Crippen molar-refractivity contribution in [2.45, 2.75) is 18.9 Å². The van der Waals surface area contributed by atoms with E-state index >= 15 is 0 Å². The van der Waals surface area contributed by atoms with E-state index < -0.39 is 6.04 Å². The minimum atomic E-state index is -0.540. The maximum absolute atomic E-state index is 12.0. The molecule has 5 heteroatoms. The van der Waals surface area contributed by atoms with Gasteiger partial charge in [-0.15, -0.1) is 0 Å². The quantitative estimate of drug-likeness (QED) is 0.793. The molecular formula is C18H19N3O2. The van der Waals surface area contributed by atoms with Crippen molar-refractivity contribution in [2.75, 3.05) is 17.2 Å². The summed E-state index contributed by atoms with van der Waals surface area (Å²) in [6.07, 6.45) is 0.897. The molecule has 0 spiro atoms. The number of carbonyl (C=O) groups excluding carboxylic acids is 2. The van der Waals surface area contributed by atoms with Crippen molar-refractivity contribution in [2.24, 2.45) is 0 Å². The van der Waals surface area contributed by atoms with Gasteiger partial charge in [0.05, 0.1) is 17.8 Å². The zero-order valence-corrected chi connectivity index (χ0v) is 12.7. The highest BCUT2D eigenvalue weighted by Crippen LogP contribution is 2.26. The molecule has 23 heavy (non-hydrogen) atoms. The standard InChI is InChI=1S/C18H19N3O2/c22-17(19-11-10-13-6-2-1-3-7-13)12-16-18(23)21-15-9-5-4-8-14(15)20-16/h1-9,16,20H,10-12H2,(H,19,22)(H,21,23)/t16-/m1/s1. The summed E-state index contributed by atoms with van der Waals surface area (Å²) in [5, 5.41) is 8.79. The van der Waals surface area contributed by atoms with E-state index in [1.54, 1.807) is 0 Å². The fourth-order valence-corrected chi connectivity index (χ4v) is 2.58. The van der Waals surface area contributed by atoms with Gasteiger partial charge in [-0.05, 0) is 24.1 Å². The highest BCUT2D eigenvalue weighted by atomic mass is 16.2. The summed E-state index contributed by atoms with van der Waals surface area (Å²) in [5.41, 5.74) is 2.77. The lowest BCUT2D eigenvalue weighted by molar-refractivity contribution is -0.124. The summed E-state index contributed by atoms with van der Waals surface area (Å²) in [7, 11) is 0. The number of fused-ring (bicyclic) bond motifs is 1. The van der Waals surface area contributed by atoms with Crippen LogP contribution in [-0.2, 0) is 16.0 Å². The van der Waals surface area contributed by atoms with Crippen molar-refractivity contribution in [1.29, 1.82) is 0 Å². The number of hydrogen-bond acceptors (Lipinski definition) is 3. The lowest BCUT2D eigenvalue weighted by Crippen LogP contribution is -2.42. The van der Waals surface area contributed by atoms with Gasteiger partial charge in [0.1, 0.15) is 6.04 Å². The molecule has 1 atom stereocenters. The summed E-state index contributed by atoms with van der Waals surface area (Å²) in [6.45, 7) is 0.563. The van der Waals surface area contributed by atoms with Gasteiger partial charge in [0, 0.05) is 6.54 Å². The Kier molecular flexibility index (Phi) is 4.57. The molecule has 2 aromatic rings. The van der Waals surface area contributed by atoms with Gasteiger partial charge in [-0.3, -0.25) is 9.59 Å². The molecule has 0 aromatic heterocycles. The zero-order chi connectivity index (χ0) is 16.1. The Labute approximate surface area is 135 Å². The Morgan fingerprint density at radius 1 is 1.00 bits per heavy atom. The first-order valence-electron chi connectivity index (χ1n) is 7.69. The summed E-state index contributed by atoms with van der Waals surface area (Å²) in [6, 6.07) is 16.9. The molecule has 0 unspecified atom stereocenters. The molecule has 0 radical (unpaired) electrons. The molecule has 3 rings (SSSR count). The molecule has 0 fully saturated rings. The van der Waals surface area contributed by atoms with Crippen LogP contribution >= 0.6 is 0 Å². The van der Waals surface area contributed by atoms with Crippen LogP contribution in [0.2, 0.25) is 0 Å². The van der Waals surface area contributed by atoms with Gasteiger partial charge in [-0.1, -0.05) is 42.5 Å². The predicted molar refractivity (Wildman–Crippen MR) is 90.3 cm³/mol. The molecule has 1 aliphatic heterocycles. The SMILES string of the molecule is O=C(C[C@H]1Nc2ccccc2NC1=O)NCCc1ccccc1. The molecule has 0 saturated heterocycles. The minimum Gasteiger partial charge on any atom is -0.372 e. The Morgan fingerprint density at radius 2 is 1.70 bits per heavy atom. The van der Waals surface area contributed by atoms with Crippen molar-refractivity contribution in [3.05, 3.63) is 60.2 Å². The third-order valence-corrected chi connectivity index (χ3v) is 3.80. The molecule has 0 bridgehead atoms. The van der Waals surface area contributed by atoms with Crippen LogP contribution in [0.5, 0.6) is 0 Å². The number of amides is 2. The molecule has 2 aromatic carbocycles. The van der Waals surface area contributed by atoms with Crippen LogP contribution in [0.3, 0.4) is 0 Å². The van der Waals surface area contributed by atoms with E-state index in [0.717, 1.165) is 17.8 Å². The lowest BCUT2D eigenvalue weighted by Gasteiger charge is -2.26. The van der Waals surface area contributed by atoms with Crippen molar-refractivity contribution in [3.63, 3.8) is 0 Å². The Balaban J connectivity index is 1.49. The van der Waals surface area contributed by atoms with Gasteiger partial charge in [0.2, 0.25) is 11.8 Å². The Bertz CT molecular complexity index is 700. The molecule has 1 aliphatic rings. The van der Waals surface area contributed by atoms with Crippen LogP contribution in [-0.4, -0.2) is 24.4 Å². The smallest absolute Gasteiger partial charge is 0.247 e. The van der Waals surface area contributed by atoms with E-state index in [2.05, 4.69) is 16.0 Å². The second-order valence-electron chi connectivity index (χ2n) is 5.52. The summed E-state index contributed by atoms with van der Waals surface area (Å²) < 4.78 is 0. The lowest BCUT2D eigenvalue weighted by atomic mass is 10.1. The Morgan fingerprint density at radius 3 is 2.48 bits per heavy atom. The van der Waals surface area contributed by atoms with Gasteiger partial charge in [-0.2, -0.15) is 0 Å². The molecular weight excluding hydrogens is 290 g/mol. The Hall–Kier alpha value is -2.82. The van der Waals surface area contributed by atoms with E-state index in [9.17, 15) is 9.59 Å². The van der Waals surface area contributed by atoms with Gasteiger partial charge in [-0.25, -0.2) is 0 Å². The van der Waals surface area contributed by atoms with Gasteiger partial charge in [0.25, 0.3) is 0 Å². The van der Waals surface area contributed by atoms with Gasteiger partial charge < -0.3 is 16.0 Å². The maximum Gasteiger partial charge on any atom is 0.247 e. The third-order valence-electron chi connectivity index (χ3n) is 3.80. The third kappa shape index (κ3) is 3.88. The first kappa shape index (κ1) is 15.1. The number of carbonyl (C=O) groups is 2. The predicted octanol–water partition coefficient (Wildman–Crippen LogP) is 2.17. The summed E-state index contributed by atoms with van der Waals surface area (Å²) in [4.78, 5) is 24.1. The van der Waals surface area contributed by atoms with Crippen molar-refractivity contribution in [3.8, 4) is 0 Å². The fourth-order valence-electron chi connectivity index (χ4n) is 2.58. The number of nitrogens with one attached hydrogen (secondary N) is 3. The van der Waals surface area contributed by atoms with Crippen LogP contribution in [0, 0.1) is 0 Å². The minimum absolute atomic E-state index is 0.120. The van der Waals surface area contributed by atoms with Crippen LogP contribution in [0.25, 0.3) is 0 Å². The van der Waals surface area contributed by atoms with Crippen molar-refractivity contribution >= 4 is 23.2 Å². The van der Waals surface area contributed by atoms with Crippen molar-refractivity contribution in [1.82, 2.24) is 5.32 Å². The first-order valence-corrected chi connectivity index (χ1v) is 7.69. The average Bonchev–Trinajstić information content (AvgIpc) is 2.56. The van der Waals surface area contributed by atoms with E-state index in [1.807, 2.05) is 54.6 Å². The summed E-state index contributed by atoms with van der Waals surface area (Å²) in [5.74, 6) is -0.310. The monoisotopic (exact) mass is 309 g/mol. The number of anilines is 2. The number of hydrogen-bond donors (Lipinski definition) is 3. The number of para-hydroxylation sites is 2. The van der Waals surface area contributed by atoms with E-state index in [0.29, 0.717) is 6.54 Å². The highest BCUT2D eigenvalue weighted by molar-refractivity contribution is 6.04. The summed E-state index contributed by atoms with van der Waals surface area (Å²) >= 11 is 0. The normalized spacial score (nSPS) is 16.0. The number of benzene rings is 2. The molecule has 118 valence electrons. The maximum atomic E-state index is 12.0. The van der Waals surface area contributed by atoms with Crippen LogP contribution < -0.4 is 16.0 Å². The topological polar surface area (TPSA) is 70.2 Å². The van der Waals surface area contributed by atoms with E-state index in [-0.39, 0.29) is 18.2 Å². The van der Waals surface area contributed by atoms with E-state index in [4.69, 9.17) is 0 Å². The second-order valence-corrected chi connectivity index (χ2v) is 5.52. The molecule has 5 nitrogen and oxygen atoms in total. The highest BCUT2D eigenvalue weighted by Gasteiger charge is 2.26. The fraction of sp³-hybridized carbons (Fsp3) is 0.222. The van der Waals surface area contributed by atoms with Gasteiger partial charge in [0.15, 0.2) is 0 Å². The van der Waals surface area contributed by atoms with Crippen LogP contribution in [0.4, 0.5) is 11.4 Å². The first-order chi connectivity index (χ1) is 11.2. The average molecular weight is 309 g/mol. The molecule has 2 amide bonds. The number of rotatable bonds is 5. The molecule has 1 heterocycles. The zero-order valence-electron chi connectivity index (χ0n) is 12.7. The molecule has 0 aliphatic carbocycles. The second kappa shape index (κ2) is 6.96. The van der Waals surface area contributed by atoms with Crippen LogP contribution in [0.1, 0.15) is 12.0 Å². The molecule has 0 saturated carbocycles. The van der Waals surface area contributed by atoms with Gasteiger partial charge >= 0.3 is 0 Å². The van der Waals surface area contributed by atoms with E-state index in [1.165, 1.54) is 5.56 Å². The largest absolute Gasteiger partial charge is 0.372 e. The van der Waals surface area contributed by atoms with Crippen molar-refractivity contribution < 1.29 is 9.59 Å².